The summed E-state index contributed by atoms with van der Waals surface area (Å²) in [5.74, 6) is 0.235. The van der Waals surface area contributed by atoms with Gasteiger partial charge in [0.15, 0.2) is 6.61 Å². The molecule has 0 fully saturated rings. The first-order valence-electron chi connectivity index (χ1n) is 8.61. The number of nitrogens with zero attached hydrogens (tertiary/aromatic N) is 1. The molecule has 0 aromatic heterocycles. The zero-order valence-electron chi connectivity index (χ0n) is 15.3. The summed E-state index contributed by atoms with van der Waals surface area (Å²) in [6.07, 6.45) is 0. The van der Waals surface area contributed by atoms with Gasteiger partial charge in [0.1, 0.15) is 5.75 Å². The Balaban J connectivity index is 1.88. The molecule has 0 aliphatic carbocycles. The number of nitrogens with one attached hydrogen (secondary N) is 1. The summed E-state index contributed by atoms with van der Waals surface area (Å²) in [6, 6.07) is 13.3. The second kappa shape index (κ2) is 9.73. The molecule has 8 heteroatoms. The minimum absolute atomic E-state index is 0.130. The Morgan fingerprint density at radius 3 is 2.37 bits per heavy atom. The van der Waals surface area contributed by atoms with Crippen molar-refractivity contribution >= 4 is 27.5 Å². The van der Waals surface area contributed by atoms with Crippen molar-refractivity contribution in [3.8, 4) is 5.75 Å². The van der Waals surface area contributed by atoms with Gasteiger partial charge in [0.2, 0.25) is 10.0 Å². The van der Waals surface area contributed by atoms with Crippen molar-refractivity contribution in [2.75, 3.05) is 19.7 Å². The normalized spacial score (nSPS) is 11.4. The van der Waals surface area contributed by atoms with Gasteiger partial charge < -0.3 is 10.1 Å². The van der Waals surface area contributed by atoms with E-state index in [1.807, 2.05) is 0 Å². The molecular weight excluding hydrogens is 388 g/mol. The molecule has 1 amide bonds. The molecule has 2 rings (SSSR count). The van der Waals surface area contributed by atoms with E-state index in [0.717, 1.165) is 5.56 Å². The average molecular weight is 411 g/mol. The third-order valence-corrected chi connectivity index (χ3v) is 6.22. The molecule has 1 N–H and O–H groups in total. The predicted octanol–water partition coefficient (Wildman–Crippen LogP) is 3.07. The molecule has 0 radical (unpaired) electrons. The first-order chi connectivity index (χ1) is 12.9. The predicted molar refractivity (Wildman–Crippen MR) is 105 cm³/mol. The number of carbonyl (C=O) groups excluding carboxylic acids is 1. The van der Waals surface area contributed by atoms with E-state index in [4.69, 9.17) is 16.3 Å². The number of carbonyl (C=O) groups is 1. The Kier molecular flexibility index (Phi) is 7.65. The highest BCUT2D eigenvalue weighted by Gasteiger charge is 2.21. The van der Waals surface area contributed by atoms with E-state index in [9.17, 15) is 13.2 Å². The summed E-state index contributed by atoms with van der Waals surface area (Å²) < 4.78 is 31.7. The molecule has 0 aliphatic heterocycles. The minimum Gasteiger partial charge on any atom is -0.484 e. The molecular formula is C19H23ClN2O4S. The Labute approximate surface area is 165 Å². The van der Waals surface area contributed by atoms with Crippen LogP contribution in [0.3, 0.4) is 0 Å². The van der Waals surface area contributed by atoms with E-state index in [2.05, 4.69) is 5.32 Å². The number of benzene rings is 2. The van der Waals surface area contributed by atoms with Crippen LogP contribution in [-0.2, 0) is 21.4 Å². The number of hydrogen-bond donors (Lipinski definition) is 1. The van der Waals surface area contributed by atoms with Gasteiger partial charge in [-0.3, -0.25) is 4.79 Å². The van der Waals surface area contributed by atoms with Gasteiger partial charge >= 0.3 is 0 Å². The zero-order valence-corrected chi connectivity index (χ0v) is 16.9. The van der Waals surface area contributed by atoms with Crippen LogP contribution >= 0.6 is 11.6 Å². The standard InChI is InChI=1S/C19H23ClN2O4S/c1-3-22(4-2)27(24,25)18-10-8-15(9-11-18)13-21-19(23)14-26-17-7-5-6-16(20)12-17/h5-12H,3-4,13-14H2,1-2H3,(H,21,23). The molecule has 2 aromatic carbocycles. The van der Waals surface area contributed by atoms with Gasteiger partial charge in [0, 0.05) is 24.7 Å². The number of ether oxygens (including phenoxy) is 1. The lowest BCUT2D eigenvalue weighted by molar-refractivity contribution is -0.123. The summed E-state index contributed by atoms with van der Waals surface area (Å²) in [5, 5.41) is 3.27. The van der Waals surface area contributed by atoms with Crippen LogP contribution in [0, 0.1) is 0 Å². The number of halogens is 1. The lowest BCUT2D eigenvalue weighted by atomic mass is 10.2. The maximum atomic E-state index is 12.4. The highest BCUT2D eigenvalue weighted by Crippen LogP contribution is 2.17. The van der Waals surface area contributed by atoms with Crippen LogP contribution in [0.25, 0.3) is 0 Å². The summed E-state index contributed by atoms with van der Waals surface area (Å²) >= 11 is 5.86. The van der Waals surface area contributed by atoms with Crippen LogP contribution in [0.15, 0.2) is 53.4 Å². The van der Waals surface area contributed by atoms with Crippen LogP contribution in [0.4, 0.5) is 0 Å². The minimum atomic E-state index is -3.48. The SMILES string of the molecule is CCN(CC)S(=O)(=O)c1ccc(CNC(=O)COc2cccc(Cl)c2)cc1. The Morgan fingerprint density at radius 1 is 1.11 bits per heavy atom. The molecule has 6 nitrogen and oxygen atoms in total. The highest BCUT2D eigenvalue weighted by molar-refractivity contribution is 7.89. The van der Waals surface area contributed by atoms with Crippen molar-refractivity contribution in [2.24, 2.45) is 0 Å². The molecule has 0 saturated carbocycles. The highest BCUT2D eigenvalue weighted by atomic mass is 35.5. The van der Waals surface area contributed by atoms with Crippen LogP contribution in [0.5, 0.6) is 5.75 Å². The number of hydrogen-bond acceptors (Lipinski definition) is 4. The van der Waals surface area contributed by atoms with Gasteiger partial charge in [-0.15, -0.1) is 0 Å². The second-order valence-corrected chi connectivity index (χ2v) is 8.13. The van der Waals surface area contributed by atoms with E-state index in [1.165, 1.54) is 4.31 Å². The molecule has 0 atom stereocenters. The molecule has 27 heavy (non-hydrogen) atoms. The van der Waals surface area contributed by atoms with Crippen molar-refractivity contribution in [2.45, 2.75) is 25.3 Å². The Morgan fingerprint density at radius 2 is 1.78 bits per heavy atom. The van der Waals surface area contributed by atoms with Gasteiger partial charge in [-0.05, 0) is 35.9 Å². The topological polar surface area (TPSA) is 75.7 Å². The first-order valence-corrected chi connectivity index (χ1v) is 10.4. The van der Waals surface area contributed by atoms with Crippen molar-refractivity contribution in [3.63, 3.8) is 0 Å². The monoisotopic (exact) mass is 410 g/mol. The fourth-order valence-corrected chi connectivity index (χ4v) is 4.09. The largest absolute Gasteiger partial charge is 0.484 e. The van der Waals surface area contributed by atoms with Gasteiger partial charge in [-0.1, -0.05) is 43.6 Å². The van der Waals surface area contributed by atoms with Crippen molar-refractivity contribution < 1.29 is 17.9 Å². The maximum absolute atomic E-state index is 12.4. The van der Waals surface area contributed by atoms with Gasteiger partial charge in [0.05, 0.1) is 4.90 Å². The third-order valence-electron chi connectivity index (χ3n) is 3.92. The van der Waals surface area contributed by atoms with E-state index < -0.39 is 10.0 Å². The molecule has 0 aliphatic rings. The summed E-state index contributed by atoms with van der Waals surface area (Å²) in [5.41, 5.74) is 0.796. The first kappa shape index (κ1) is 21.2. The molecule has 146 valence electrons. The van der Waals surface area contributed by atoms with Gasteiger partial charge in [-0.2, -0.15) is 4.31 Å². The van der Waals surface area contributed by atoms with Crippen molar-refractivity contribution in [3.05, 3.63) is 59.1 Å². The molecule has 0 bridgehead atoms. The van der Waals surface area contributed by atoms with E-state index >= 15 is 0 Å². The van der Waals surface area contributed by atoms with Crippen LogP contribution < -0.4 is 10.1 Å². The quantitative estimate of drug-likeness (QED) is 0.689. The van der Waals surface area contributed by atoms with Crippen LogP contribution in [0.2, 0.25) is 5.02 Å². The second-order valence-electron chi connectivity index (χ2n) is 5.76. The molecule has 0 saturated heterocycles. The van der Waals surface area contributed by atoms with E-state index in [0.29, 0.717) is 23.9 Å². The Bertz CT molecular complexity index is 866. The number of sulfonamides is 1. The van der Waals surface area contributed by atoms with Crippen molar-refractivity contribution in [1.82, 2.24) is 9.62 Å². The number of amides is 1. The average Bonchev–Trinajstić information content (AvgIpc) is 2.66. The molecule has 2 aromatic rings. The van der Waals surface area contributed by atoms with E-state index in [-0.39, 0.29) is 24.0 Å². The Hall–Kier alpha value is -2.09. The molecule has 0 spiro atoms. The molecule has 0 unspecified atom stereocenters. The van der Waals surface area contributed by atoms with Gasteiger partial charge in [0.25, 0.3) is 5.91 Å². The lowest BCUT2D eigenvalue weighted by Crippen LogP contribution is -2.30. The lowest BCUT2D eigenvalue weighted by Gasteiger charge is -2.18. The summed E-state index contributed by atoms with van der Waals surface area (Å²) in [6.45, 7) is 4.59. The third kappa shape index (κ3) is 5.95. The number of rotatable bonds is 9. The smallest absolute Gasteiger partial charge is 0.258 e. The fourth-order valence-electron chi connectivity index (χ4n) is 2.45. The summed E-state index contributed by atoms with van der Waals surface area (Å²) in [7, 11) is -3.48. The maximum Gasteiger partial charge on any atom is 0.258 e. The summed E-state index contributed by atoms with van der Waals surface area (Å²) in [4.78, 5) is 12.1. The van der Waals surface area contributed by atoms with E-state index in [1.54, 1.807) is 62.4 Å². The zero-order chi connectivity index (χ0) is 19.9. The van der Waals surface area contributed by atoms with Crippen LogP contribution in [-0.4, -0.2) is 38.3 Å². The van der Waals surface area contributed by atoms with Gasteiger partial charge in [-0.25, -0.2) is 8.42 Å². The molecule has 0 heterocycles. The fraction of sp³-hybridized carbons (Fsp3) is 0.316. The van der Waals surface area contributed by atoms with Crippen molar-refractivity contribution in [1.29, 1.82) is 0 Å². The van der Waals surface area contributed by atoms with Crippen LogP contribution in [0.1, 0.15) is 19.4 Å².